The van der Waals surface area contributed by atoms with Crippen molar-refractivity contribution >= 4 is 22.6 Å². The Morgan fingerprint density at radius 2 is 1.93 bits per heavy atom. The molecule has 5 rings (SSSR count). The molecule has 6 heteroatoms. The number of pyridine rings is 1. The number of rotatable bonds is 4. The number of halogens is 1. The molecule has 142 valence electrons. The number of aromatic nitrogens is 4. The highest BCUT2D eigenvalue weighted by Gasteiger charge is 2.22. The van der Waals surface area contributed by atoms with Gasteiger partial charge in [0.05, 0.1) is 22.4 Å². The first-order valence-corrected chi connectivity index (χ1v) is 10.0. The zero-order valence-electron chi connectivity index (χ0n) is 15.5. The van der Waals surface area contributed by atoms with Crippen LogP contribution in [0.4, 0.5) is 0 Å². The van der Waals surface area contributed by atoms with Crippen molar-refractivity contribution in [2.24, 2.45) is 0 Å². The Bertz CT molecular complexity index is 1100. The molecule has 0 aliphatic carbocycles. The number of hydrogen-bond acceptors (Lipinski definition) is 3. The van der Waals surface area contributed by atoms with Crippen molar-refractivity contribution < 1.29 is 4.74 Å². The lowest BCUT2D eigenvalue weighted by atomic mass is 10.2. The molecule has 1 fully saturated rings. The van der Waals surface area contributed by atoms with Crippen LogP contribution in [-0.4, -0.2) is 25.9 Å². The largest absolute Gasteiger partial charge is 0.356 e. The van der Waals surface area contributed by atoms with Gasteiger partial charge in [-0.15, -0.1) is 0 Å². The standard InChI is InChI=1S/C22H21ClN4O/c23-21-10-9-18-17(25-21)14-20(26(18)15-16-6-2-1-3-7-16)19-11-12-24-27(19)22-8-4-5-13-28-22/h1-3,6-7,9-12,14,22H,4-5,8,13,15H2. The fourth-order valence-electron chi connectivity index (χ4n) is 3.93. The Morgan fingerprint density at radius 3 is 2.75 bits per heavy atom. The molecular weight excluding hydrogens is 372 g/mol. The highest BCUT2D eigenvalue weighted by Crippen LogP contribution is 2.32. The average molecular weight is 393 g/mol. The lowest BCUT2D eigenvalue weighted by Crippen LogP contribution is -2.20. The fourth-order valence-corrected chi connectivity index (χ4v) is 4.08. The van der Waals surface area contributed by atoms with Crippen LogP contribution >= 0.6 is 11.6 Å². The highest BCUT2D eigenvalue weighted by molar-refractivity contribution is 6.29. The maximum absolute atomic E-state index is 6.16. The first kappa shape index (κ1) is 17.5. The molecule has 28 heavy (non-hydrogen) atoms. The van der Waals surface area contributed by atoms with E-state index in [1.54, 1.807) is 0 Å². The van der Waals surface area contributed by atoms with Crippen LogP contribution in [0.5, 0.6) is 0 Å². The van der Waals surface area contributed by atoms with Crippen molar-refractivity contribution in [1.29, 1.82) is 0 Å². The van der Waals surface area contributed by atoms with Gasteiger partial charge in [0.15, 0.2) is 6.23 Å². The van der Waals surface area contributed by atoms with Crippen molar-refractivity contribution in [2.75, 3.05) is 6.61 Å². The van der Waals surface area contributed by atoms with E-state index in [2.05, 4.69) is 51.0 Å². The summed E-state index contributed by atoms with van der Waals surface area (Å²) in [6.07, 6.45) is 5.09. The first-order chi connectivity index (χ1) is 13.8. The average Bonchev–Trinajstić information content (AvgIpc) is 3.34. The van der Waals surface area contributed by atoms with E-state index in [1.807, 2.05) is 29.1 Å². The van der Waals surface area contributed by atoms with Gasteiger partial charge in [0.2, 0.25) is 0 Å². The van der Waals surface area contributed by atoms with Crippen LogP contribution in [0, 0.1) is 0 Å². The van der Waals surface area contributed by atoms with Crippen molar-refractivity contribution in [1.82, 2.24) is 19.3 Å². The van der Waals surface area contributed by atoms with Crippen LogP contribution in [0.2, 0.25) is 5.15 Å². The molecule has 0 amide bonds. The predicted molar refractivity (Wildman–Crippen MR) is 110 cm³/mol. The molecule has 0 spiro atoms. The van der Waals surface area contributed by atoms with Crippen LogP contribution in [0.15, 0.2) is 60.8 Å². The zero-order valence-corrected chi connectivity index (χ0v) is 16.2. The van der Waals surface area contributed by atoms with E-state index in [-0.39, 0.29) is 6.23 Å². The van der Waals surface area contributed by atoms with Crippen molar-refractivity contribution in [3.63, 3.8) is 0 Å². The lowest BCUT2D eigenvalue weighted by Gasteiger charge is -2.25. The summed E-state index contributed by atoms with van der Waals surface area (Å²) in [6.45, 7) is 1.54. The molecule has 5 nitrogen and oxygen atoms in total. The number of fused-ring (bicyclic) bond motifs is 1. The normalized spacial score (nSPS) is 17.2. The first-order valence-electron chi connectivity index (χ1n) is 9.65. The number of ether oxygens (including phenoxy) is 1. The Hall–Kier alpha value is -2.63. The monoisotopic (exact) mass is 392 g/mol. The molecule has 3 aromatic heterocycles. The van der Waals surface area contributed by atoms with E-state index >= 15 is 0 Å². The van der Waals surface area contributed by atoms with E-state index in [4.69, 9.17) is 16.3 Å². The molecule has 4 heterocycles. The van der Waals surface area contributed by atoms with E-state index in [1.165, 1.54) is 5.56 Å². The summed E-state index contributed by atoms with van der Waals surface area (Å²) in [5.41, 5.74) is 5.28. The number of nitrogens with zero attached hydrogens (tertiary/aromatic N) is 4. The second-order valence-corrected chi connectivity index (χ2v) is 7.51. The summed E-state index contributed by atoms with van der Waals surface area (Å²) in [5, 5.41) is 5.08. The van der Waals surface area contributed by atoms with Gasteiger partial charge in [-0.25, -0.2) is 9.67 Å². The SMILES string of the molecule is Clc1ccc2c(cc(-c3ccnn3C3CCCCO3)n2Cc2ccccc2)n1. The molecule has 0 bridgehead atoms. The fraction of sp³-hybridized carbons (Fsp3) is 0.273. The van der Waals surface area contributed by atoms with E-state index in [9.17, 15) is 0 Å². The van der Waals surface area contributed by atoms with Gasteiger partial charge in [-0.05, 0) is 49.1 Å². The molecular formula is C22H21ClN4O. The molecule has 1 atom stereocenters. The van der Waals surface area contributed by atoms with Gasteiger partial charge in [-0.2, -0.15) is 5.10 Å². The third kappa shape index (κ3) is 3.21. The Labute approximate surface area is 168 Å². The van der Waals surface area contributed by atoms with Crippen LogP contribution in [0.3, 0.4) is 0 Å². The third-order valence-corrected chi connectivity index (χ3v) is 5.48. The van der Waals surface area contributed by atoms with Gasteiger partial charge < -0.3 is 9.30 Å². The van der Waals surface area contributed by atoms with Crippen LogP contribution in [-0.2, 0) is 11.3 Å². The van der Waals surface area contributed by atoms with Crippen molar-refractivity contribution in [3.8, 4) is 11.4 Å². The van der Waals surface area contributed by atoms with Crippen molar-refractivity contribution in [3.05, 3.63) is 71.5 Å². The molecule has 1 aromatic carbocycles. The van der Waals surface area contributed by atoms with E-state index in [0.29, 0.717) is 5.15 Å². The van der Waals surface area contributed by atoms with Gasteiger partial charge >= 0.3 is 0 Å². The Kier molecular flexibility index (Phi) is 4.63. The molecule has 0 N–H and O–H groups in total. The van der Waals surface area contributed by atoms with Crippen molar-refractivity contribution in [2.45, 2.75) is 32.0 Å². The second-order valence-electron chi connectivity index (χ2n) is 7.12. The maximum atomic E-state index is 6.16. The van der Waals surface area contributed by atoms with Gasteiger partial charge in [-0.3, -0.25) is 0 Å². The molecule has 0 saturated carbocycles. The Balaban J connectivity index is 1.65. The van der Waals surface area contributed by atoms with Gasteiger partial charge in [0.25, 0.3) is 0 Å². The number of benzene rings is 1. The van der Waals surface area contributed by atoms with Crippen LogP contribution in [0.25, 0.3) is 22.4 Å². The topological polar surface area (TPSA) is 44.9 Å². The van der Waals surface area contributed by atoms with E-state index in [0.717, 1.165) is 54.8 Å². The molecule has 1 aliphatic rings. The lowest BCUT2D eigenvalue weighted by molar-refractivity contribution is -0.0384. The molecule has 1 saturated heterocycles. The second kappa shape index (κ2) is 7.41. The smallest absolute Gasteiger partial charge is 0.150 e. The summed E-state index contributed by atoms with van der Waals surface area (Å²) >= 11 is 6.16. The minimum Gasteiger partial charge on any atom is -0.356 e. The maximum Gasteiger partial charge on any atom is 0.150 e. The van der Waals surface area contributed by atoms with Crippen LogP contribution < -0.4 is 0 Å². The molecule has 1 aliphatic heterocycles. The zero-order chi connectivity index (χ0) is 18.9. The summed E-state index contributed by atoms with van der Waals surface area (Å²) in [6, 6.07) is 18.5. The molecule has 0 radical (unpaired) electrons. The van der Waals surface area contributed by atoms with Gasteiger partial charge in [0.1, 0.15) is 5.15 Å². The van der Waals surface area contributed by atoms with Gasteiger partial charge in [-0.1, -0.05) is 41.9 Å². The minimum atomic E-state index is -0.0153. The van der Waals surface area contributed by atoms with Gasteiger partial charge in [0, 0.05) is 19.3 Å². The predicted octanol–water partition coefficient (Wildman–Crippen LogP) is 5.30. The number of hydrogen-bond donors (Lipinski definition) is 0. The Morgan fingerprint density at radius 1 is 1.04 bits per heavy atom. The summed E-state index contributed by atoms with van der Waals surface area (Å²) in [5.74, 6) is 0. The molecule has 1 unspecified atom stereocenters. The molecule has 4 aromatic rings. The minimum absolute atomic E-state index is 0.0153. The summed E-state index contributed by atoms with van der Waals surface area (Å²) in [4.78, 5) is 4.53. The highest BCUT2D eigenvalue weighted by atomic mass is 35.5. The third-order valence-electron chi connectivity index (χ3n) is 5.27. The summed E-state index contributed by atoms with van der Waals surface area (Å²) in [7, 11) is 0. The summed E-state index contributed by atoms with van der Waals surface area (Å²) < 4.78 is 10.3. The van der Waals surface area contributed by atoms with E-state index < -0.39 is 0 Å². The quantitative estimate of drug-likeness (QED) is 0.442. The van der Waals surface area contributed by atoms with Crippen LogP contribution in [0.1, 0.15) is 31.1 Å².